The Hall–Kier alpha value is -2.74. The Kier molecular flexibility index (Phi) is 3.38. The first-order valence-electron chi connectivity index (χ1n) is 7.82. The van der Waals surface area contributed by atoms with E-state index in [1.807, 2.05) is 0 Å². The third-order valence-electron chi connectivity index (χ3n) is 5.17. The maximum Gasteiger partial charge on any atom is 0.407 e. The van der Waals surface area contributed by atoms with E-state index in [1.54, 1.807) is 0 Å². The maximum absolute atomic E-state index is 13.2. The third kappa shape index (κ3) is 2.07. The number of aromatic nitrogens is 1. The smallest absolute Gasteiger partial charge is 0.407 e. The Morgan fingerprint density at radius 3 is 2.48 bits per heavy atom. The average molecular weight is 382 g/mol. The molecule has 2 aliphatic heterocycles. The number of aliphatic hydroxyl groups is 2. The molecule has 0 saturated carbocycles. The molecule has 1 aromatic heterocycles. The van der Waals surface area contributed by atoms with Crippen molar-refractivity contribution in [2.75, 3.05) is 0 Å². The zero-order chi connectivity index (χ0) is 19.9. The van der Waals surface area contributed by atoms with Gasteiger partial charge in [0.25, 0.3) is 0 Å². The van der Waals surface area contributed by atoms with Crippen LogP contribution in [0.15, 0.2) is 18.2 Å². The molecule has 3 heterocycles. The molecule has 2 aliphatic rings. The predicted molar refractivity (Wildman–Crippen MR) is 83.6 cm³/mol. The second kappa shape index (κ2) is 5.16. The Balaban J connectivity index is 1.95. The van der Waals surface area contributed by atoms with Crippen LogP contribution in [-0.2, 0) is 16.5 Å². The normalized spacial score (nSPS) is 29.0. The molecule has 27 heavy (non-hydrogen) atoms. The fraction of sp³-hybridized carbons (Fsp3) is 0.353. The highest BCUT2D eigenvalue weighted by Gasteiger charge is 2.63. The molecule has 142 valence electrons. The van der Waals surface area contributed by atoms with Crippen molar-refractivity contribution in [3.8, 4) is 17.4 Å². The van der Waals surface area contributed by atoms with Crippen molar-refractivity contribution in [1.29, 1.82) is 0 Å². The highest BCUT2D eigenvalue weighted by molar-refractivity contribution is 5.63. The standard InChI is InChI=1S/C17H13F3N2O5/c1-16-10-9(12(27-16)11(23)13(16)24)14(25)22(15(10)26)6-3-4-8(21-2)7(5-6)17(18,19)20/h3-5,11-13,23-26H,1H3/t11-,12?,13-,16?/m0/s1. The molecule has 1 aromatic carbocycles. The van der Waals surface area contributed by atoms with Gasteiger partial charge in [0, 0.05) is 0 Å². The van der Waals surface area contributed by atoms with Crippen LogP contribution in [0, 0.1) is 6.57 Å². The van der Waals surface area contributed by atoms with Gasteiger partial charge >= 0.3 is 6.18 Å². The van der Waals surface area contributed by atoms with Gasteiger partial charge in [-0.05, 0) is 19.1 Å². The summed E-state index contributed by atoms with van der Waals surface area (Å²) in [5, 5.41) is 41.3. The zero-order valence-corrected chi connectivity index (χ0v) is 13.7. The summed E-state index contributed by atoms with van der Waals surface area (Å²) in [5.41, 5.74) is -3.57. The number of nitrogens with zero attached hydrogens (tertiary/aromatic N) is 2. The lowest BCUT2D eigenvalue weighted by Crippen LogP contribution is -2.40. The van der Waals surface area contributed by atoms with Crippen LogP contribution >= 0.6 is 0 Å². The summed E-state index contributed by atoms with van der Waals surface area (Å²) in [7, 11) is 0. The number of ether oxygens (including phenoxy) is 1. The monoisotopic (exact) mass is 382 g/mol. The number of alkyl halides is 3. The summed E-state index contributed by atoms with van der Waals surface area (Å²) in [6, 6.07) is 2.72. The van der Waals surface area contributed by atoms with Crippen molar-refractivity contribution >= 4 is 5.69 Å². The van der Waals surface area contributed by atoms with Gasteiger partial charge in [0.2, 0.25) is 11.8 Å². The van der Waals surface area contributed by atoms with E-state index >= 15 is 0 Å². The molecule has 10 heteroatoms. The van der Waals surface area contributed by atoms with Gasteiger partial charge in [-0.25, -0.2) is 4.85 Å². The number of hydrogen-bond acceptors (Lipinski definition) is 5. The minimum Gasteiger partial charge on any atom is -0.494 e. The number of hydrogen-bond donors (Lipinski definition) is 4. The van der Waals surface area contributed by atoms with Crippen LogP contribution in [0.5, 0.6) is 11.8 Å². The van der Waals surface area contributed by atoms with Gasteiger partial charge in [-0.1, -0.05) is 6.07 Å². The number of rotatable bonds is 1. The van der Waals surface area contributed by atoms with Crippen LogP contribution in [0.2, 0.25) is 0 Å². The maximum atomic E-state index is 13.2. The van der Waals surface area contributed by atoms with Gasteiger partial charge in [0.1, 0.15) is 23.9 Å². The van der Waals surface area contributed by atoms with Gasteiger partial charge in [0.15, 0.2) is 5.69 Å². The summed E-state index contributed by atoms with van der Waals surface area (Å²) in [4.78, 5) is 2.84. The van der Waals surface area contributed by atoms with Crippen molar-refractivity contribution in [3.63, 3.8) is 0 Å². The van der Waals surface area contributed by atoms with E-state index in [0.717, 1.165) is 16.7 Å². The summed E-state index contributed by atoms with van der Waals surface area (Å²) < 4.78 is 46.0. The van der Waals surface area contributed by atoms with Crippen molar-refractivity contribution in [1.82, 2.24) is 4.57 Å². The third-order valence-corrected chi connectivity index (χ3v) is 5.17. The first-order valence-corrected chi connectivity index (χ1v) is 7.82. The van der Waals surface area contributed by atoms with Crippen LogP contribution in [0.3, 0.4) is 0 Å². The molecule has 0 amide bonds. The lowest BCUT2D eigenvalue weighted by atomic mass is 9.81. The lowest BCUT2D eigenvalue weighted by molar-refractivity contribution is -0.136. The first-order chi connectivity index (χ1) is 12.5. The molecule has 7 nitrogen and oxygen atoms in total. The van der Waals surface area contributed by atoms with E-state index in [9.17, 15) is 33.6 Å². The molecule has 4 atom stereocenters. The molecule has 2 bridgehead atoms. The first kappa shape index (κ1) is 17.7. The predicted octanol–water partition coefficient (Wildman–Crippen LogP) is 2.48. The molecule has 0 radical (unpaired) electrons. The van der Waals surface area contributed by atoms with Crippen molar-refractivity contribution in [3.05, 3.63) is 46.3 Å². The van der Waals surface area contributed by atoms with Crippen LogP contribution in [0.4, 0.5) is 18.9 Å². The highest BCUT2D eigenvalue weighted by Crippen LogP contribution is 2.61. The van der Waals surface area contributed by atoms with Crippen LogP contribution in [-0.4, -0.2) is 37.2 Å². The molecule has 4 rings (SSSR count). The molecular formula is C17H13F3N2O5. The number of fused-ring (bicyclic) bond motifs is 5. The minimum atomic E-state index is -4.81. The molecule has 4 N–H and O–H groups in total. The van der Waals surface area contributed by atoms with Gasteiger partial charge in [-0.15, -0.1) is 0 Å². The Morgan fingerprint density at radius 1 is 1.22 bits per heavy atom. The van der Waals surface area contributed by atoms with Crippen LogP contribution in [0.1, 0.15) is 29.7 Å². The SMILES string of the molecule is [C-]#[N+]c1ccc(-n2c(O)c3c(c2O)C2(C)OC3[C@H](O)[C@@H]2O)cc1C(F)(F)F. The number of aliphatic hydroxyl groups excluding tert-OH is 2. The van der Waals surface area contributed by atoms with Gasteiger partial charge in [-0.3, -0.25) is 4.57 Å². The topological polar surface area (TPSA) is 99.4 Å². The molecule has 1 fully saturated rings. The van der Waals surface area contributed by atoms with Crippen molar-refractivity contribution in [2.45, 2.75) is 37.0 Å². The van der Waals surface area contributed by atoms with E-state index in [0.29, 0.717) is 6.07 Å². The largest absolute Gasteiger partial charge is 0.494 e. The summed E-state index contributed by atoms with van der Waals surface area (Å²) >= 11 is 0. The second-order valence-electron chi connectivity index (χ2n) is 6.66. The number of benzene rings is 1. The van der Waals surface area contributed by atoms with Crippen molar-refractivity contribution in [2.24, 2.45) is 0 Å². The van der Waals surface area contributed by atoms with E-state index in [2.05, 4.69) is 4.85 Å². The van der Waals surface area contributed by atoms with E-state index < -0.39 is 53.1 Å². The lowest BCUT2D eigenvalue weighted by Gasteiger charge is -2.27. The summed E-state index contributed by atoms with van der Waals surface area (Å²) in [5.74, 6) is -1.21. The average Bonchev–Trinajstić information content (AvgIpc) is 3.14. The fourth-order valence-corrected chi connectivity index (χ4v) is 3.89. The summed E-state index contributed by atoms with van der Waals surface area (Å²) in [6.45, 7) is 8.28. The molecule has 2 aromatic rings. The second-order valence-corrected chi connectivity index (χ2v) is 6.66. The molecular weight excluding hydrogens is 369 g/mol. The minimum absolute atomic E-state index is 0.00520. The molecule has 0 spiro atoms. The highest BCUT2D eigenvalue weighted by atomic mass is 19.4. The van der Waals surface area contributed by atoms with Gasteiger partial charge < -0.3 is 25.2 Å². The number of aromatic hydroxyl groups is 2. The van der Waals surface area contributed by atoms with E-state index in [4.69, 9.17) is 11.3 Å². The summed E-state index contributed by atoms with van der Waals surface area (Å²) in [6.07, 6.45) is -8.68. The Labute approximate surface area is 150 Å². The Bertz CT molecular complexity index is 1010. The van der Waals surface area contributed by atoms with Crippen molar-refractivity contribution < 1.29 is 38.3 Å². The fourth-order valence-electron chi connectivity index (χ4n) is 3.89. The van der Waals surface area contributed by atoms with E-state index in [-0.39, 0.29) is 16.8 Å². The van der Waals surface area contributed by atoms with E-state index in [1.165, 1.54) is 6.92 Å². The van der Waals surface area contributed by atoms with Gasteiger partial charge in [-0.2, -0.15) is 13.2 Å². The zero-order valence-electron chi connectivity index (χ0n) is 13.7. The van der Waals surface area contributed by atoms with Gasteiger partial charge in [0.05, 0.1) is 28.9 Å². The quantitative estimate of drug-likeness (QED) is 0.568. The Morgan fingerprint density at radius 2 is 1.89 bits per heavy atom. The molecule has 0 aliphatic carbocycles. The van der Waals surface area contributed by atoms with Crippen LogP contribution in [0.25, 0.3) is 10.5 Å². The number of halogens is 3. The van der Waals surface area contributed by atoms with Crippen LogP contribution < -0.4 is 0 Å². The molecule has 2 unspecified atom stereocenters. The molecule has 1 saturated heterocycles.